The predicted molar refractivity (Wildman–Crippen MR) is 113 cm³/mol. The molecule has 3 N–H and O–H groups in total. The quantitative estimate of drug-likeness (QED) is 0.748. The molecule has 1 aromatic carbocycles. The summed E-state index contributed by atoms with van der Waals surface area (Å²) in [5.74, 6) is 0.0108. The molecule has 2 aromatic rings. The molecule has 27 heavy (non-hydrogen) atoms. The third kappa shape index (κ3) is 4.81. The third-order valence-electron chi connectivity index (χ3n) is 4.99. The SMILES string of the molecule is Cc1nc(-c2ccc(Cl)cc2)sc1C(C)NC(=O)C1(CN)CCOCC1.Cl. The van der Waals surface area contributed by atoms with Crippen molar-refractivity contribution in [3.63, 3.8) is 0 Å². The topological polar surface area (TPSA) is 77.2 Å². The number of benzene rings is 1. The van der Waals surface area contributed by atoms with Crippen LogP contribution in [0.5, 0.6) is 0 Å². The van der Waals surface area contributed by atoms with E-state index in [9.17, 15) is 4.79 Å². The zero-order chi connectivity index (χ0) is 18.7. The molecule has 1 aromatic heterocycles. The van der Waals surface area contributed by atoms with E-state index in [-0.39, 0.29) is 24.4 Å². The summed E-state index contributed by atoms with van der Waals surface area (Å²) < 4.78 is 5.39. The van der Waals surface area contributed by atoms with Crippen molar-refractivity contribution in [1.29, 1.82) is 0 Å². The molecule has 1 amide bonds. The third-order valence-corrected chi connectivity index (χ3v) is 6.63. The van der Waals surface area contributed by atoms with Gasteiger partial charge >= 0.3 is 0 Å². The number of nitrogens with two attached hydrogens (primary N) is 1. The van der Waals surface area contributed by atoms with Gasteiger partial charge in [-0.2, -0.15) is 0 Å². The molecule has 1 unspecified atom stereocenters. The Balaban J connectivity index is 0.00000261. The van der Waals surface area contributed by atoms with Crippen LogP contribution in [-0.4, -0.2) is 30.6 Å². The van der Waals surface area contributed by atoms with Crippen molar-refractivity contribution in [2.75, 3.05) is 19.8 Å². The lowest BCUT2D eigenvalue weighted by Gasteiger charge is -2.35. The number of hydrogen-bond donors (Lipinski definition) is 2. The van der Waals surface area contributed by atoms with Crippen molar-refractivity contribution in [2.45, 2.75) is 32.7 Å². The lowest BCUT2D eigenvalue weighted by atomic mass is 9.79. The van der Waals surface area contributed by atoms with E-state index in [4.69, 9.17) is 22.1 Å². The van der Waals surface area contributed by atoms with Crippen molar-refractivity contribution in [3.05, 3.63) is 39.9 Å². The zero-order valence-corrected chi connectivity index (χ0v) is 17.8. The van der Waals surface area contributed by atoms with Gasteiger partial charge in [-0.3, -0.25) is 4.79 Å². The van der Waals surface area contributed by atoms with Gasteiger partial charge < -0.3 is 15.8 Å². The van der Waals surface area contributed by atoms with Crippen molar-refractivity contribution >= 4 is 41.3 Å². The number of ether oxygens (including phenoxy) is 1. The van der Waals surface area contributed by atoms with E-state index in [2.05, 4.69) is 10.3 Å². The fourth-order valence-corrected chi connectivity index (χ4v) is 4.43. The molecule has 0 radical (unpaired) electrons. The van der Waals surface area contributed by atoms with Crippen LogP contribution in [0.3, 0.4) is 0 Å². The lowest BCUT2D eigenvalue weighted by Crippen LogP contribution is -2.49. The summed E-state index contributed by atoms with van der Waals surface area (Å²) in [4.78, 5) is 18.6. The summed E-state index contributed by atoms with van der Waals surface area (Å²) in [6.07, 6.45) is 1.33. The Bertz CT molecular complexity index is 774. The minimum Gasteiger partial charge on any atom is -0.381 e. The van der Waals surface area contributed by atoms with Crippen LogP contribution in [0.4, 0.5) is 0 Å². The van der Waals surface area contributed by atoms with Gasteiger partial charge in [0.2, 0.25) is 5.91 Å². The maximum Gasteiger partial charge on any atom is 0.228 e. The van der Waals surface area contributed by atoms with Gasteiger partial charge in [0.1, 0.15) is 5.01 Å². The van der Waals surface area contributed by atoms with Crippen molar-refractivity contribution in [2.24, 2.45) is 11.1 Å². The molecule has 0 saturated carbocycles. The van der Waals surface area contributed by atoms with Gasteiger partial charge in [0.15, 0.2) is 0 Å². The predicted octanol–water partition coefficient (Wildman–Crippen LogP) is 4.13. The number of thiazole rings is 1. The Morgan fingerprint density at radius 1 is 1.37 bits per heavy atom. The minimum atomic E-state index is -0.524. The molecule has 0 spiro atoms. The molecule has 5 nitrogen and oxygen atoms in total. The number of amides is 1. The maximum absolute atomic E-state index is 12.9. The van der Waals surface area contributed by atoms with E-state index in [1.807, 2.05) is 38.1 Å². The first-order valence-corrected chi connectivity index (χ1v) is 9.97. The summed E-state index contributed by atoms with van der Waals surface area (Å²) in [6, 6.07) is 7.51. The second-order valence-corrected chi connectivity index (χ2v) is 8.23. The average molecular weight is 430 g/mol. The van der Waals surface area contributed by atoms with Crippen LogP contribution in [0.2, 0.25) is 5.02 Å². The van der Waals surface area contributed by atoms with E-state index in [0.717, 1.165) is 21.1 Å². The van der Waals surface area contributed by atoms with E-state index in [1.54, 1.807) is 11.3 Å². The number of nitrogens with one attached hydrogen (secondary N) is 1. The largest absolute Gasteiger partial charge is 0.381 e. The fraction of sp³-hybridized carbons (Fsp3) is 0.474. The molecule has 1 atom stereocenters. The number of aromatic nitrogens is 1. The lowest BCUT2D eigenvalue weighted by molar-refractivity contribution is -0.136. The first-order chi connectivity index (χ1) is 12.4. The monoisotopic (exact) mass is 429 g/mol. The van der Waals surface area contributed by atoms with E-state index < -0.39 is 5.41 Å². The average Bonchev–Trinajstić information content (AvgIpc) is 3.04. The Hall–Kier alpha value is -1.18. The molecule has 148 valence electrons. The zero-order valence-electron chi connectivity index (χ0n) is 15.5. The van der Waals surface area contributed by atoms with Crippen molar-refractivity contribution in [1.82, 2.24) is 10.3 Å². The molecular formula is C19H25Cl2N3O2S. The highest BCUT2D eigenvalue weighted by Crippen LogP contribution is 2.34. The molecule has 1 aliphatic heterocycles. The number of aryl methyl sites for hydroxylation is 1. The highest BCUT2D eigenvalue weighted by atomic mass is 35.5. The van der Waals surface area contributed by atoms with Crippen LogP contribution in [0.1, 0.15) is 36.4 Å². The molecule has 1 aliphatic rings. The molecule has 0 bridgehead atoms. The summed E-state index contributed by atoms with van der Waals surface area (Å²) in [7, 11) is 0. The number of carbonyl (C=O) groups excluding carboxylic acids is 1. The van der Waals surface area contributed by atoms with Crippen LogP contribution in [0, 0.1) is 12.3 Å². The van der Waals surface area contributed by atoms with E-state index in [1.165, 1.54) is 0 Å². The molecule has 3 rings (SSSR count). The summed E-state index contributed by atoms with van der Waals surface area (Å²) in [5, 5.41) is 4.77. The standard InChI is InChI=1S/C19H24ClN3O2S.ClH/c1-12-16(26-17(22-12)14-3-5-15(20)6-4-14)13(2)23-18(24)19(11-21)7-9-25-10-8-19;/h3-6,13H,7-11,21H2,1-2H3,(H,23,24);1H. The van der Waals surface area contributed by atoms with E-state index >= 15 is 0 Å². The molecule has 8 heteroatoms. The Morgan fingerprint density at radius 2 is 2.00 bits per heavy atom. The van der Waals surface area contributed by atoms with Crippen LogP contribution in [0.15, 0.2) is 24.3 Å². The summed E-state index contributed by atoms with van der Waals surface area (Å²) in [6.45, 7) is 5.47. The maximum atomic E-state index is 12.9. The minimum absolute atomic E-state index is 0. The number of carbonyl (C=O) groups is 1. The molecule has 1 saturated heterocycles. The van der Waals surface area contributed by atoms with Gasteiger partial charge in [-0.1, -0.05) is 23.7 Å². The number of rotatable bonds is 5. The fourth-order valence-electron chi connectivity index (χ4n) is 3.23. The van der Waals surface area contributed by atoms with Gasteiger partial charge in [0.05, 0.1) is 22.0 Å². The normalized spacial score (nSPS) is 17.0. The highest BCUT2D eigenvalue weighted by Gasteiger charge is 2.39. The van der Waals surface area contributed by atoms with Crippen LogP contribution >= 0.6 is 35.3 Å². The number of nitrogens with zero attached hydrogens (tertiary/aromatic N) is 1. The Morgan fingerprint density at radius 3 is 2.59 bits per heavy atom. The van der Waals surface area contributed by atoms with Gasteiger partial charge in [-0.25, -0.2) is 4.98 Å². The van der Waals surface area contributed by atoms with Gasteiger partial charge in [-0.15, -0.1) is 23.7 Å². The van der Waals surface area contributed by atoms with E-state index in [0.29, 0.717) is 37.6 Å². The van der Waals surface area contributed by atoms with Gasteiger partial charge in [-0.05, 0) is 38.8 Å². The van der Waals surface area contributed by atoms with Gasteiger partial charge in [0, 0.05) is 30.3 Å². The smallest absolute Gasteiger partial charge is 0.228 e. The van der Waals surface area contributed by atoms with Gasteiger partial charge in [0.25, 0.3) is 0 Å². The highest BCUT2D eigenvalue weighted by molar-refractivity contribution is 7.15. The van der Waals surface area contributed by atoms with Crippen LogP contribution in [0.25, 0.3) is 10.6 Å². The van der Waals surface area contributed by atoms with Crippen molar-refractivity contribution in [3.8, 4) is 10.6 Å². The molecule has 0 aliphatic carbocycles. The Kier molecular flexibility index (Phi) is 7.65. The number of hydrogen-bond acceptors (Lipinski definition) is 5. The molecule has 2 heterocycles. The first-order valence-electron chi connectivity index (χ1n) is 8.77. The first kappa shape index (κ1) is 22.1. The van der Waals surface area contributed by atoms with Crippen LogP contribution < -0.4 is 11.1 Å². The summed E-state index contributed by atoms with van der Waals surface area (Å²) >= 11 is 7.56. The molecular weight excluding hydrogens is 405 g/mol. The van der Waals surface area contributed by atoms with Crippen LogP contribution in [-0.2, 0) is 9.53 Å². The number of halogens is 2. The second-order valence-electron chi connectivity index (χ2n) is 6.77. The Labute approximate surface area is 175 Å². The van der Waals surface area contributed by atoms with Crippen molar-refractivity contribution < 1.29 is 9.53 Å². The molecule has 1 fully saturated rings. The summed E-state index contributed by atoms with van der Waals surface area (Å²) in [5.41, 5.74) is 7.37. The second kappa shape index (κ2) is 9.34.